The number of benzene rings is 1. The molecule has 2 N–H and O–H groups in total. The Morgan fingerprint density at radius 1 is 1.29 bits per heavy atom. The van der Waals surface area contributed by atoms with Crippen molar-refractivity contribution in [1.29, 1.82) is 0 Å². The van der Waals surface area contributed by atoms with E-state index in [4.69, 9.17) is 5.73 Å². The molecule has 3 heterocycles. The first kappa shape index (κ1) is 12.6. The van der Waals surface area contributed by atoms with Crippen molar-refractivity contribution >= 4 is 33.1 Å². The Morgan fingerprint density at radius 3 is 3.10 bits per heavy atom. The minimum atomic E-state index is 0.862. The van der Waals surface area contributed by atoms with Crippen molar-refractivity contribution in [2.24, 2.45) is 0 Å². The van der Waals surface area contributed by atoms with E-state index in [-0.39, 0.29) is 0 Å². The lowest BCUT2D eigenvalue weighted by atomic mass is 9.98. The van der Waals surface area contributed by atoms with Crippen LogP contribution in [0.5, 0.6) is 0 Å². The fourth-order valence-electron chi connectivity index (χ4n) is 3.04. The third-order valence-corrected chi connectivity index (χ3v) is 4.99. The van der Waals surface area contributed by atoms with Gasteiger partial charge in [-0.15, -0.1) is 11.3 Å². The Bertz CT molecular complexity index is 824. The summed E-state index contributed by atoms with van der Waals surface area (Å²) in [6.07, 6.45) is 2.64. The van der Waals surface area contributed by atoms with Gasteiger partial charge in [0.15, 0.2) is 0 Å². The topological polar surface area (TPSA) is 55.0 Å². The van der Waals surface area contributed by atoms with E-state index in [0.717, 1.165) is 41.2 Å². The van der Waals surface area contributed by atoms with Crippen LogP contribution in [0.15, 0.2) is 30.6 Å². The van der Waals surface area contributed by atoms with Gasteiger partial charge in [0.05, 0.1) is 5.39 Å². The van der Waals surface area contributed by atoms with Gasteiger partial charge >= 0.3 is 0 Å². The molecule has 0 unspecified atom stereocenters. The number of nitrogens with two attached hydrogens (primary N) is 1. The highest BCUT2D eigenvalue weighted by atomic mass is 32.1. The standard InChI is InChI=1S/C16H16N4S/c1-10-7-13-15(18-9-19-16(13)21-10)20-6-5-12-11(8-20)3-2-4-14(12)17/h2-4,7,9H,5-6,8,17H2,1H3. The minimum absolute atomic E-state index is 0.862. The van der Waals surface area contributed by atoms with Crippen molar-refractivity contribution in [2.75, 3.05) is 17.2 Å². The van der Waals surface area contributed by atoms with Crippen molar-refractivity contribution in [2.45, 2.75) is 19.9 Å². The maximum absolute atomic E-state index is 6.08. The monoisotopic (exact) mass is 296 g/mol. The van der Waals surface area contributed by atoms with Gasteiger partial charge in [0.1, 0.15) is 17.0 Å². The summed E-state index contributed by atoms with van der Waals surface area (Å²) >= 11 is 1.72. The summed E-state index contributed by atoms with van der Waals surface area (Å²) in [6.45, 7) is 3.92. The number of nitrogens with zero attached hydrogens (tertiary/aromatic N) is 3. The molecule has 4 nitrogen and oxygen atoms in total. The molecule has 1 aliphatic rings. The molecule has 1 aromatic carbocycles. The molecule has 1 aliphatic heterocycles. The second-order valence-corrected chi connectivity index (χ2v) is 6.66. The molecule has 3 aromatic rings. The maximum Gasteiger partial charge on any atom is 0.141 e. The molecule has 2 aromatic heterocycles. The van der Waals surface area contributed by atoms with Gasteiger partial charge < -0.3 is 10.6 Å². The fourth-order valence-corrected chi connectivity index (χ4v) is 3.88. The highest BCUT2D eigenvalue weighted by Gasteiger charge is 2.21. The number of hydrogen-bond donors (Lipinski definition) is 1. The van der Waals surface area contributed by atoms with Crippen molar-refractivity contribution in [1.82, 2.24) is 9.97 Å². The molecule has 0 radical (unpaired) electrons. The normalized spacial score (nSPS) is 14.4. The third kappa shape index (κ3) is 2.05. The number of hydrogen-bond acceptors (Lipinski definition) is 5. The van der Waals surface area contributed by atoms with Gasteiger partial charge in [-0.25, -0.2) is 9.97 Å². The predicted octanol–water partition coefficient (Wildman–Crippen LogP) is 3.14. The predicted molar refractivity (Wildman–Crippen MR) is 87.8 cm³/mol. The first-order valence-corrected chi connectivity index (χ1v) is 7.86. The smallest absolute Gasteiger partial charge is 0.141 e. The first-order chi connectivity index (χ1) is 10.2. The summed E-state index contributed by atoms with van der Waals surface area (Å²) in [7, 11) is 0. The molecular formula is C16H16N4S. The molecule has 0 amide bonds. The Hall–Kier alpha value is -2.14. The number of rotatable bonds is 1. The van der Waals surface area contributed by atoms with Gasteiger partial charge in [0, 0.05) is 23.7 Å². The second-order valence-electron chi connectivity index (χ2n) is 5.43. The van der Waals surface area contributed by atoms with E-state index in [1.165, 1.54) is 16.0 Å². The SMILES string of the molecule is Cc1cc2c(N3CCc4c(N)cccc4C3)ncnc2s1. The third-order valence-electron chi connectivity index (χ3n) is 4.03. The molecule has 106 valence electrons. The molecule has 4 rings (SSSR count). The summed E-state index contributed by atoms with van der Waals surface area (Å²) < 4.78 is 0. The molecule has 0 saturated heterocycles. The highest BCUT2D eigenvalue weighted by Crippen LogP contribution is 2.33. The van der Waals surface area contributed by atoms with E-state index in [1.54, 1.807) is 17.7 Å². The van der Waals surface area contributed by atoms with E-state index in [0.29, 0.717) is 0 Å². The average molecular weight is 296 g/mol. The van der Waals surface area contributed by atoms with Crippen molar-refractivity contribution in [3.63, 3.8) is 0 Å². The van der Waals surface area contributed by atoms with Crippen molar-refractivity contribution < 1.29 is 0 Å². The molecule has 0 atom stereocenters. The molecule has 0 saturated carbocycles. The minimum Gasteiger partial charge on any atom is -0.398 e. The summed E-state index contributed by atoms with van der Waals surface area (Å²) in [4.78, 5) is 13.6. The maximum atomic E-state index is 6.08. The Morgan fingerprint density at radius 2 is 2.19 bits per heavy atom. The number of nitrogen functional groups attached to an aromatic ring is 1. The molecule has 0 spiro atoms. The average Bonchev–Trinajstić information content (AvgIpc) is 2.87. The van der Waals surface area contributed by atoms with Crippen LogP contribution in [0, 0.1) is 6.92 Å². The van der Waals surface area contributed by atoms with Crippen LogP contribution < -0.4 is 10.6 Å². The van der Waals surface area contributed by atoms with Gasteiger partial charge in [0.2, 0.25) is 0 Å². The zero-order chi connectivity index (χ0) is 14.4. The van der Waals surface area contributed by atoms with Crippen molar-refractivity contribution in [3.05, 3.63) is 46.6 Å². The molecule has 0 fully saturated rings. The highest BCUT2D eigenvalue weighted by molar-refractivity contribution is 7.18. The molecule has 0 aliphatic carbocycles. The van der Waals surface area contributed by atoms with E-state index >= 15 is 0 Å². The van der Waals surface area contributed by atoms with Gasteiger partial charge in [-0.2, -0.15) is 0 Å². The summed E-state index contributed by atoms with van der Waals surface area (Å²) in [5.41, 5.74) is 9.58. The first-order valence-electron chi connectivity index (χ1n) is 7.05. The summed E-state index contributed by atoms with van der Waals surface area (Å²) in [5.74, 6) is 1.04. The molecule has 21 heavy (non-hydrogen) atoms. The fraction of sp³-hybridized carbons (Fsp3) is 0.250. The summed E-state index contributed by atoms with van der Waals surface area (Å²) in [6, 6.07) is 8.36. The Kier molecular flexibility index (Phi) is 2.82. The van der Waals surface area contributed by atoms with Crippen LogP contribution in [0.25, 0.3) is 10.2 Å². The van der Waals surface area contributed by atoms with Crippen LogP contribution in [0.3, 0.4) is 0 Å². The van der Waals surface area contributed by atoms with Crippen LogP contribution in [0.4, 0.5) is 11.5 Å². The van der Waals surface area contributed by atoms with Crippen LogP contribution >= 0.6 is 11.3 Å². The summed E-state index contributed by atoms with van der Waals surface area (Å²) in [5, 5.41) is 1.16. The Labute approximate surface area is 127 Å². The number of aromatic nitrogens is 2. The molecular weight excluding hydrogens is 280 g/mol. The van der Waals surface area contributed by atoms with Crippen LogP contribution in [-0.2, 0) is 13.0 Å². The van der Waals surface area contributed by atoms with Crippen molar-refractivity contribution in [3.8, 4) is 0 Å². The van der Waals surface area contributed by atoms with Crippen LogP contribution in [-0.4, -0.2) is 16.5 Å². The number of fused-ring (bicyclic) bond motifs is 2. The zero-order valence-corrected chi connectivity index (χ0v) is 12.7. The number of aryl methyl sites for hydroxylation is 1. The van der Waals surface area contributed by atoms with Gasteiger partial charge in [-0.3, -0.25) is 0 Å². The van der Waals surface area contributed by atoms with Crippen LogP contribution in [0.1, 0.15) is 16.0 Å². The number of thiophene rings is 1. The second kappa shape index (κ2) is 4.70. The largest absolute Gasteiger partial charge is 0.398 e. The lowest BCUT2D eigenvalue weighted by Crippen LogP contribution is -2.31. The Balaban J connectivity index is 1.77. The van der Waals surface area contributed by atoms with Gasteiger partial charge in [-0.05, 0) is 36.6 Å². The molecule has 5 heteroatoms. The van der Waals surface area contributed by atoms with E-state index in [9.17, 15) is 0 Å². The quantitative estimate of drug-likeness (QED) is 0.701. The zero-order valence-electron chi connectivity index (χ0n) is 11.8. The molecule has 0 bridgehead atoms. The van der Waals surface area contributed by atoms with Gasteiger partial charge in [-0.1, -0.05) is 12.1 Å². The van der Waals surface area contributed by atoms with E-state index < -0.39 is 0 Å². The van der Waals surface area contributed by atoms with Gasteiger partial charge in [0.25, 0.3) is 0 Å². The van der Waals surface area contributed by atoms with E-state index in [1.807, 2.05) is 12.1 Å². The lowest BCUT2D eigenvalue weighted by molar-refractivity contribution is 0.725. The van der Waals surface area contributed by atoms with E-state index in [2.05, 4.69) is 33.9 Å². The van der Waals surface area contributed by atoms with Crippen LogP contribution in [0.2, 0.25) is 0 Å². The number of anilines is 2. The lowest BCUT2D eigenvalue weighted by Gasteiger charge is -2.30.